The molecule has 0 aromatic carbocycles. The van der Waals surface area contributed by atoms with E-state index in [1.807, 2.05) is 24.9 Å². The van der Waals surface area contributed by atoms with E-state index in [0.717, 1.165) is 11.4 Å². The van der Waals surface area contributed by atoms with Crippen LogP contribution in [0.25, 0.3) is 0 Å². The molecule has 4 nitrogen and oxygen atoms in total. The minimum Gasteiger partial charge on any atom is -0.394 e. The SMILES string of the molecule is CC(CO)N(C)c1cc(CO)ccn1. The predicted octanol–water partition coefficient (Wildman–Crippen LogP) is 0.391. The molecule has 1 rings (SSSR count). The molecule has 0 saturated heterocycles. The zero-order valence-corrected chi connectivity index (χ0v) is 8.51. The lowest BCUT2D eigenvalue weighted by molar-refractivity contribution is 0.269. The van der Waals surface area contributed by atoms with E-state index in [0.29, 0.717) is 0 Å². The van der Waals surface area contributed by atoms with Gasteiger partial charge in [0, 0.05) is 13.2 Å². The highest BCUT2D eigenvalue weighted by molar-refractivity contribution is 5.40. The lowest BCUT2D eigenvalue weighted by Crippen LogP contribution is -2.32. The third kappa shape index (κ3) is 2.43. The van der Waals surface area contributed by atoms with Gasteiger partial charge in [0.2, 0.25) is 0 Å². The van der Waals surface area contributed by atoms with Gasteiger partial charge in [0.1, 0.15) is 5.82 Å². The van der Waals surface area contributed by atoms with Crippen molar-refractivity contribution in [3.8, 4) is 0 Å². The summed E-state index contributed by atoms with van der Waals surface area (Å²) >= 11 is 0. The standard InChI is InChI=1S/C10H16N2O2/c1-8(6-13)12(2)10-5-9(7-14)3-4-11-10/h3-5,8,13-14H,6-7H2,1-2H3. The van der Waals surface area contributed by atoms with Gasteiger partial charge in [0.15, 0.2) is 0 Å². The fraction of sp³-hybridized carbons (Fsp3) is 0.500. The maximum Gasteiger partial charge on any atom is 0.128 e. The van der Waals surface area contributed by atoms with Gasteiger partial charge in [-0.2, -0.15) is 0 Å². The Morgan fingerprint density at radius 1 is 1.50 bits per heavy atom. The van der Waals surface area contributed by atoms with Crippen LogP contribution in [0.1, 0.15) is 12.5 Å². The second-order valence-corrected chi connectivity index (χ2v) is 3.32. The second-order valence-electron chi connectivity index (χ2n) is 3.32. The molecular formula is C10H16N2O2. The van der Waals surface area contributed by atoms with Gasteiger partial charge in [-0.15, -0.1) is 0 Å². The van der Waals surface area contributed by atoms with Crippen molar-refractivity contribution in [3.05, 3.63) is 23.9 Å². The largest absolute Gasteiger partial charge is 0.394 e. The van der Waals surface area contributed by atoms with E-state index >= 15 is 0 Å². The highest BCUT2D eigenvalue weighted by atomic mass is 16.3. The molecule has 0 aliphatic carbocycles. The number of hydrogen-bond donors (Lipinski definition) is 2. The first kappa shape index (κ1) is 10.9. The summed E-state index contributed by atoms with van der Waals surface area (Å²) in [4.78, 5) is 6.03. The molecule has 0 aliphatic rings. The maximum absolute atomic E-state index is 8.97. The minimum absolute atomic E-state index is 0.0108. The summed E-state index contributed by atoms with van der Waals surface area (Å²) < 4.78 is 0. The topological polar surface area (TPSA) is 56.6 Å². The Morgan fingerprint density at radius 2 is 2.21 bits per heavy atom. The van der Waals surface area contributed by atoms with Crippen molar-refractivity contribution in [3.63, 3.8) is 0 Å². The minimum atomic E-state index is 0.0108. The Kier molecular flexibility index (Phi) is 3.85. The molecule has 2 N–H and O–H groups in total. The highest BCUT2D eigenvalue weighted by Crippen LogP contribution is 2.13. The molecule has 4 heteroatoms. The molecule has 0 aliphatic heterocycles. The molecule has 0 spiro atoms. The third-order valence-corrected chi connectivity index (χ3v) is 2.28. The van der Waals surface area contributed by atoms with Crippen molar-refractivity contribution >= 4 is 5.82 Å². The molecule has 0 amide bonds. The van der Waals surface area contributed by atoms with E-state index in [4.69, 9.17) is 10.2 Å². The van der Waals surface area contributed by atoms with Crippen molar-refractivity contribution in [2.75, 3.05) is 18.6 Å². The van der Waals surface area contributed by atoms with Crippen LogP contribution in [-0.2, 0) is 6.61 Å². The molecule has 1 heterocycles. The number of rotatable bonds is 4. The first-order valence-electron chi connectivity index (χ1n) is 4.58. The van der Waals surface area contributed by atoms with Gasteiger partial charge in [0.05, 0.1) is 19.3 Å². The quantitative estimate of drug-likeness (QED) is 0.731. The molecule has 1 atom stereocenters. The van der Waals surface area contributed by atoms with Gasteiger partial charge in [0.25, 0.3) is 0 Å². The van der Waals surface area contributed by atoms with E-state index < -0.39 is 0 Å². The molecule has 1 aromatic heterocycles. The molecule has 0 fully saturated rings. The van der Waals surface area contributed by atoms with Crippen molar-refractivity contribution in [2.24, 2.45) is 0 Å². The van der Waals surface area contributed by atoms with Crippen molar-refractivity contribution in [1.82, 2.24) is 4.98 Å². The number of nitrogens with zero attached hydrogens (tertiary/aromatic N) is 2. The Bertz CT molecular complexity index is 291. The van der Waals surface area contributed by atoms with Crippen LogP contribution in [0.3, 0.4) is 0 Å². The molecule has 0 bridgehead atoms. The average Bonchev–Trinajstić information content (AvgIpc) is 2.27. The van der Waals surface area contributed by atoms with E-state index in [9.17, 15) is 0 Å². The molecule has 78 valence electrons. The van der Waals surface area contributed by atoms with Crippen LogP contribution in [0.5, 0.6) is 0 Å². The molecule has 1 unspecified atom stereocenters. The van der Waals surface area contributed by atoms with Crippen LogP contribution >= 0.6 is 0 Å². The zero-order chi connectivity index (χ0) is 10.6. The van der Waals surface area contributed by atoms with E-state index in [2.05, 4.69) is 4.98 Å². The van der Waals surface area contributed by atoms with Crippen LogP contribution < -0.4 is 4.90 Å². The van der Waals surface area contributed by atoms with Crippen molar-refractivity contribution in [1.29, 1.82) is 0 Å². The predicted molar refractivity (Wildman–Crippen MR) is 55.1 cm³/mol. The van der Waals surface area contributed by atoms with Crippen LogP contribution in [0, 0.1) is 0 Å². The summed E-state index contributed by atoms with van der Waals surface area (Å²) in [5.41, 5.74) is 0.826. The average molecular weight is 196 g/mol. The summed E-state index contributed by atoms with van der Waals surface area (Å²) in [6.45, 7) is 2.01. The monoisotopic (exact) mass is 196 g/mol. The lowest BCUT2D eigenvalue weighted by Gasteiger charge is -2.24. The van der Waals surface area contributed by atoms with E-state index in [1.54, 1.807) is 12.3 Å². The van der Waals surface area contributed by atoms with Gasteiger partial charge in [-0.3, -0.25) is 0 Å². The number of likely N-dealkylation sites (N-methyl/N-ethyl adjacent to an activating group) is 1. The number of pyridine rings is 1. The summed E-state index contributed by atoms with van der Waals surface area (Å²) in [7, 11) is 1.87. The van der Waals surface area contributed by atoms with Crippen molar-refractivity contribution in [2.45, 2.75) is 19.6 Å². The fourth-order valence-electron chi connectivity index (χ4n) is 1.10. The molecule has 14 heavy (non-hydrogen) atoms. The summed E-state index contributed by atoms with van der Waals surface area (Å²) in [6.07, 6.45) is 1.65. The van der Waals surface area contributed by atoms with Crippen molar-refractivity contribution < 1.29 is 10.2 Å². The van der Waals surface area contributed by atoms with Gasteiger partial charge in [-0.05, 0) is 24.6 Å². The molecule has 0 saturated carbocycles. The fourth-order valence-corrected chi connectivity index (χ4v) is 1.10. The van der Waals surface area contributed by atoms with Crippen LogP contribution in [-0.4, -0.2) is 34.9 Å². The van der Waals surface area contributed by atoms with Gasteiger partial charge in [-0.25, -0.2) is 4.98 Å². The molecular weight excluding hydrogens is 180 g/mol. The molecule has 1 aromatic rings. The summed E-state index contributed by atoms with van der Waals surface area (Å²) in [5.74, 6) is 0.762. The Labute approximate surface area is 83.8 Å². The van der Waals surface area contributed by atoms with Gasteiger partial charge < -0.3 is 15.1 Å². The second kappa shape index (κ2) is 4.93. The number of aliphatic hydroxyl groups excluding tert-OH is 2. The third-order valence-electron chi connectivity index (χ3n) is 2.28. The summed E-state index contributed by atoms with van der Waals surface area (Å²) in [6, 6.07) is 3.60. The van der Waals surface area contributed by atoms with Gasteiger partial charge >= 0.3 is 0 Å². The Hall–Kier alpha value is -1.13. The zero-order valence-electron chi connectivity index (χ0n) is 8.51. The molecule has 0 radical (unpaired) electrons. The highest BCUT2D eigenvalue weighted by Gasteiger charge is 2.09. The smallest absolute Gasteiger partial charge is 0.128 e. The summed E-state index contributed by atoms with van der Waals surface area (Å²) in [5, 5.41) is 17.9. The van der Waals surface area contributed by atoms with E-state index in [1.165, 1.54) is 0 Å². The number of aromatic nitrogens is 1. The lowest BCUT2D eigenvalue weighted by atomic mass is 10.2. The number of aliphatic hydroxyl groups is 2. The van der Waals surface area contributed by atoms with Crippen LogP contribution in [0.4, 0.5) is 5.82 Å². The normalized spacial score (nSPS) is 12.6. The first-order valence-corrected chi connectivity index (χ1v) is 4.58. The van der Waals surface area contributed by atoms with Gasteiger partial charge in [-0.1, -0.05) is 0 Å². The maximum atomic E-state index is 8.97. The van der Waals surface area contributed by atoms with Crippen LogP contribution in [0.15, 0.2) is 18.3 Å². The van der Waals surface area contributed by atoms with E-state index in [-0.39, 0.29) is 19.3 Å². The Balaban J connectivity index is 2.83. The first-order chi connectivity index (χ1) is 6.69. The number of anilines is 1. The number of hydrogen-bond acceptors (Lipinski definition) is 4. The van der Waals surface area contributed by atoms with Crippen LogP contribution in [0.2, 0.25) is 0 Å². The Morgan fingerprint density at radius 3 is 2.79 bits per heavy atom.